The monoisotopic (exact) mass is 288 g/mol. The van der Waals surface area contributed by atoms with Crippen LogP contribution in [0.2, 0.25) is 0 Å². The van der Waals surface area contributed by atoms with Crippen LogP contribution < -0.4 is 0 Å². The third-order valence-corrected chi connectivity index (χ3v) is 4.11. The Labute approximate surface area is 106 Å². The van der Waals surface area contributed by atoms with E-state index in [9.17, 15) is 4.79 Å². The Morgan fingerprint density at radius 2 is 1.94 bits per heavy atom. The number of likely N-dealkylation sites (tertiary alicyclic amines) is 2. The summed E-state index contributed by atoms with van der Waals surface area (Å²) in [6.07, 6.45) is 5.78. The van der Waals surface area contributed by atoms with Gasteiger partial charge in [-0.15, -0.1) is 0 Å². The molecule has 0 spiro atoms. The summed E-state index contributed by atoms with van der Waals surface area (Å²) in [7, 11) is 0. The van der Waals surface area contributed by atoms with Crippen LogP contribution in [0.3, 0.4) is 0 Å². The molecule has 0 aromatic rings. The molecule has 0 aromatic carbocycles. The Bertz CT molecular complexity index is 241. The zero-order chi connectivity index (χ0) is 11.4. The van der Waals surface area contributed by atoms with Crippen molar-refractivity contribution in [2.45, 2.75) is 38.1 Å². The zero-order valence-electron chi connectivity index (χ0n) is 9.83. The number of carbonyl (C=O) groups is 1. The molecule has 0 bridgehead atoms. The molecule has 2 rings (SSSR count). The van der Waals surface area contributed by atoms with Crippen LogP contribution in [0.1, 0.15) is 32.1 Å². The first kappa shape index (κ1) is 12.4. The van der Waals surface area contributed by atoms with E-state index in [1.165, 1.54) is 38.8 Å². The highest BCUT2D eigenvalue weighted by Crippen LogP contribution is 2.20. The highest BCUT2D eigenvalue weighted by atomic mass is 79.9. The van der Waals surface area contributed by atoms with Crippen LogP contribution in [0.15, 0.2) is 0 Å². The Hall–Kier alpha value is -0.0900. The average molecular weight is 289 g/mol. The minimum absolute atomic E-state index is 0.320. The van der Waals surface area contributed by atoms with E-state index in [2.05, 4.69) is 25.7 Å². The van der Waals surface area contributed by atoms with Gasteiger partial charge >= 0.3 is 0 Å². The Kier molecular flexibility index (Phi) is 4.65. The second-order valence-electron chi connectivity index (χ2n) is 4.82. The van der Waals surface area contributed by atoms with Gasteiger partial charge in [0.15, 0.2) is 0 Å². The summed E-state index contributed by atoms with van der Waals surface area (Å²) in [5, 5.41) is 0.788. The number of alkyl halides is 1. The lowest BCUT2D eigenvalue weighted by Crippen LogP contribution is -2.49. The summed E-state index contributed by atoms with van der Waals surface area (Å²) in [5.74, 6) is 0.320. The lowest BCUT2D eigenvalue weighted by Gasteiger charge is -2.37. The van der Waals surface area contributed by atoms with Crippen molar-refractivity contribution in [2.24, 2.45) is 0 Å². The van der Waals surface area contributed by atoms with Gasteiger partial charge in [0.05, 0.1) is 0 Å². The smallest absolute Gasteiger partial charge is 0.223 e. The SMILES string of the molecule is O=C(CCBr)N1CCCC(N2CCCC2)C1. The number of carbonyl (C=O) groups excluding carboxylic acids is 1. The van der Waals surface area contributed by atoms with Crippen molar-refractivity contribution < 1.29 is 4.79 Å². The number of amides is 1. The fourth-order valence-electron chi connectivity index (χ4n) is 2.82. The number of nitrogens with zero attached hydrogens (tertiary/aromatic N) is 2. The second-order valence-corrected chi connectivity index (χ2v) is 5.61. The van der Waals surface area contributed by atoms with E-state index < -0.39 is 0 Å². The van der Waals surface area contributed by atoms with Gasteiger partial charge in [0.2, 0.25) is 5.91 Å². The first-order valence-corrected chi connectivity index (χ1v) is 7.51. The second kappa shape index (κ2) is 6.01. The molecule has 92 valence electrons. The van der Waals surface area contributed by atoms with Crippen molar-refractivity contribution in [1.82, 2.24) is 9.80 Å². The van der Waals surface area contributed by atoms with E-state index in [0.29, 0.717) is 18.4 Å². The van der Waals surface area contributed by atoms with Gasteiger partial charge in [-0.05, 0) is 38.8 Å². The molecule has 2 aliphatic rings. The molecule has 0 aromatic heterocycles. The molecule has 1 unspecified atom stereocenters. The van der Waals surface area contributed by atoms with Gasteiger partial charge in [0, 0.05) is 30.9 Å². The summed E-state index contributed by atoms with van der Waals surface area (Å²) >= 11 is 3.34. The molecule has 3 nitrogen and oxygen atoms in total. The third kappa shape index (κ3) is 2.98. The summed E-state index contributed by atoms with van der Waals surface area (Å²) in [5.41, 5.74) is 0. The molecule has 0 N–H and O–H groups in total. The van der Waals surface area contributed by atoms with Crippen molar-refractivity contribution in [3.05, 3.63) is 0 Å². The van der Waals surface area contributed by atoms with Crippen molar-refractivity contribution in [3.63, 3.8) is 0 Å². The van der Waals surface area contributed by atoms with Crippen molar-refractivity contribution in [3.8, 4) is 0 Å². The molecule has 0 radical (unpaired) electrons. The van der Waals surface area contributed by atoms with E-state index in [1.54, 1.807) is 0 Å². The predicted octanol–water partition coefficient (Wildman–Crippen LogP) is 1.86. The van der Waals surface area contributed by atoms with Crippen molar-refractivity contribution in [1.29, 1.82) is 0 Å². The van der Waals surface area contributed by atoms with Gasteiger partial charge in [0.25, 0.3) is 0 Å². The molecule has 2 fully saturated rings. The fourth-order valence-corrected chi connectivity index (χ4v) is 3.16. The molecular formula is C12H21BrN2O. The fraction of sp³-hybridized carbons (Fsp3) is 0.917. The van der Waals surface area contributed by atoms with E-state index in [-0.39, 0.29) is 0 Å². The van der Waals surface area contributed by atoms with E-state index in [0.717, 1.165) is 18.4 Å². The topological polar surface area (TPSA) is 23.6 Å². The molecule has 16 heavy (non-hydrogen) atoms. The van der Waals surface area contributed by atoms with Crippen LogP contribution in [0.5, 0.6) is 0 Å². The summed E-state index contributed by atoms with van der Waals surface area (Å²) < 4.78 is 0. The van der Waals surface area contributed by atoms with E-state index in [1.807, 2.05) is 0 Å². The average Bonchev–Trinajstić information content (AvgIpc) is 2.83. The number of rotatable bonds is 3. The maximum absolute atomic E-state index is 11.8. The number of hydrogen-bond acceptors (Lipinski definition) is 2. The first-order valence-electron chi connectivity index (χ1n) is 6.39. The van der Waals surface area contributed by atoms with E-state index in [4.69, 9.17) is 0 Å². The molecule has 4 heteroatoms. The van der Waals surface area contributed by atoms with E-state index >= 15 is 0 Å². The molecule has 1 amide bonds. The molecule has 0 saturated carbocycles. The number of piperidine rings is 1. The highest BCUT2D eigenvalue weighted by molar-refractivity contribution is 9.09. The van der Waals surface area contributed by atoms with Gasteiger partial charge in [0.1, 0.15) is 0 Å². The molecule has 2 heterocycles. The standard InChI is InChI=1S/C12H21BrN2O/c13-6-5-12(16)15-9-3-4-11(10-15)14-7-1-2-8-14/h11H,1-10H2. The summed E-state index contributed by atoms with van der Waals surface area (Å²) in [6, 6.07) is 0.635. The predicted molar refractivity (Wildman–Crippen MR) is 68.8 cm³/mol. The quantitative estimate of drug-likeness (QED) is 0.740. The lowest BCUT2D eigenvalue weighted by atomic mass is 10.0. The maximum Gasteiger partial charge on any atom is 0.223 e. The minimum Gasteiger partial charge on any atom is -0.341 e. The van der Waals surface area contributed by atoms with Crippen molar-refractivity contribution >= 4 is 21.8 Å². The van der Waals surface area contributed by atoms with Gasteiger partial charge < -0.3 is 4.90 Å². The van der Waals surface area contributed by atoms with Crippen LogP contribution in [0.4, 0.5) is 0 Å². The molecule has 2 aliphatic heterocycles. The third-order valence-electron chi connectivity index (χ3n) is 3.71. The van der Waals surface area contributed by atoms with Crippen LogP contribution in [0, 0.1) is 0 Å². The van der Waals surface area contributed by atoms with Crippen LogP contribution in [-0.2, 0) is 4.79 Å². The first-order chi connectivity index (χ1) is 7.81. The number of hydrogen-bond donors (Lipinski definition) is 0. The van der Waals surface area contributed by atoms with Crippen LogP contribution in [0.25, 0.3) is 0 Å². The van der Waals surface area contributed by atoms with Crippen molar-refractivity contribution in [2.75, 3.05) is 31.5 Å². The molecule has 2 saturated heterocycles. The van der Waals surface area contributed by atoms with Gasteiger partial charge in [-0.3, -0.25) is 9.69 Å². The summed E-state index contributed by atoms with van der Waals surface area (Å²) in [4.78, 5) is 16.5. The van der Waals surface area contributed by atoms with Crippen LogP contribution in [-0.4, -0.2) is 53.3 Å². The minimum atomic E-state index is 0.320. The summed E-state index contributed by atoms with van der Waals surface area (Å²) in [6.45, 7) is 4.41. The molecular weight excluding hydrogens is 268 g/mol. The zero-order valence-corrected chi connectivity index (χ0v) is 11.4. The van der Waals surface area contributed by atoms with Crippen LogP contribution >= 0.6 is 15.9 Å². The Morgan fingerprint density at radius 3 is 2.62 bits per heavy atom. The number of halogens is 1. The Morgan fingerprint density at radius 1 is 1.19 bits per heavy atom. The molecule has 0 aliphatic carbocycles. The largest absolute Gasteiger partial charge is 0.341 e. The Balaban J connectivity index is 1.85. The highest BCUT2D eigenvalue weighted by Gasteiger charge is 2.28. The normalized spacial score (nSPS) is 27.3. The lowest BCUT2D eigenvalue weighted by molar-refractivity contribution is -0.132. The van der Waals surface area contributed by atoms with Gasteiger partial charge in [-0.25, -0.2) is 0 Å². The van der Waals surface area contributed by atoms with Gasteiger partial charge in [-0.1, -0.05) is 15.9 Å². The van der Waals surface area contributed by atoms with Gasteiger partial charge in [-0.2, -0.15) is 0 Å². The molecule has 1 atom stereocenters. The maximum atomic E-state index is 11.8.